The maximum absolute atomic E-state index is 12.2. The Bertz CT molecular complexity index is 665. The smallest absolute Gasteiger partial charge is 0.306 e. The van der Waals surface area contributed by atoms with Gasteiger partial charge in [-0.15, -0.1) is 0 Å². The molecule has 4 nitrogen and oxygen atoms in total. The van der Waals surface area contributed by atoms with E-state index in [0.717, 1.165) is 37.0 Å². The molecule has 2 aromatic rings. The SMILES string of the molecule is CC(C)N1CCC(n2c(=O)[nH]c3ccc(Cl)cc32)CC1. The summed E-state index contributed by atoms with van der Waals surface area (Å²) >= 11 is 6.07. The minimum Gasteiger partial charge on any atom is -0.306 e. The summed E-state index contributed by atoms with van der Waals surface area (Å²) in [5, 5.41) is 0.671. The van der Waals surface area contributed by atoms with Gasteiger partial charge in [0, 0.05) is 30.2 Å². The molecule has 1 aliphatic rings. The summed E-state index contributed by atoms with van der Waals surface area (Å²) in [5.74, 6) is 0. The summed E-state index contributed by atoms with van der Waals surface area (Å²) in [6.07, 6.45) is 2.02. The van der Waals surface area contributed by atoms with E-state index in [1.54, 1.807) is 0 Å². The molecule has 5 heteroatoms. The van der Waals surface area contributed by atoms with Crippen LogP contribution in [0, 0.1) is 0 Å². The highest BCUT2D eigenvalue weighted by molar-refractivity contribution is 6.31. The first kappa shape index (κ1) is 13.7. The molecule has 1 aromatic heterocycles. The number of benzene rings is 1. The minimum atomic E-state index is -0.0229. The molecule has 0 saturated carbocycles. The van der Waals surface area contributed by atoms with Crippen LogP contribution in [0.4, 0.5) is 0 Å². The zero-order chi connectivity index (χ0) is 14.3. The quantitative estimate of drug-likeness (QED) is 0.925. The third-order valence-corrected chi connectivity index (χ3v) is 4.51. The van der Waals surface area contributed by atoms with E-state index < -0.39 is 0 Å². The summed E-state index contributed by atoms with van der Waals surface area (Å²) < 4.78 is 1.89. The molecule has 108 valence electrons. The van der Waals surface area contributed by atoms with E-state index in [2.05, 4.69) is 23.7 Å². The van der Waals surface area contributed by atoms with Crippen LogP contribution in [0.25, 0.3) is 11.0 Å². The highest BCUT2D eigenvalue weighted by Gasteiger charge is 2.24. The lowest BCUT2D eigenvalue weighted by Crippen LogP contribution is -2.40. The highest BCUT2D eigenvalue weighted by Crippen LogP contribution is 2.26. The Morgan fingerprint density at radius 3 is 2.65 bits per heavy atom. The molecule has 3 rings (SSSR count). The first-order valence-electron chi connectivity index (χ1n) is 7.20. The van der Waals surface area contributed by atoms with Crippen molar-refractivity contribution in [3.63, 3.8) is 0 Å². The van der Waals surface area contributed by atoms with Gasteiger partial charge in [0.15, 0.2) is 0 Å². The van der Waals surface area contributed by atoms with Gasteiger partial charge in [0.25, 0.3) is 0 Å². The van der Waals surface area contributed by atoms with Gasteiger partial charge in [0.05, 0.1) is 11.0 Å². The molecule has 1 aromatic carbocycles. The van der Waals surface area contributed by atoms with Gasteiger partial charge < -0.3 is 9.88 Å². The van der Waals surface area contributed by atoms with E-state index in [4.69, 9.17) is 11.6 Å². The number of fused-ring (bicyclic) bond motifs is 1. The van der Waals surface area contributed by atoms with Crippen LogP contribution in [-0.2, 0) is 0 Å². The molecule has 1 fully saturated rings. The number of H-pyrrole nitrogens is 1. The Morgan fingerprint density at radius 2 is 2.00 bits per heavy atom. The number of hydrogen-bond donors (Lipinski definition) is 1. The van der Waals surface area contributed by atoms with Crippen molar-refractivity contribution in [1.29, 1.82) is 0 Å². The number of likely N-dealkylation sites (tertiary alicyclic amines) is 1. The number of imidazole rings is 1. The fraction of sp³-hybridized carbons (Fsp3) is 0.533. The number of aromatic nitrogens is 2. The van der Waals surface area contributed by atoms with E-state index in [9.17, 15) is 4.79 Å². The average molecular weight is 294 g/mol. The first-order valence-corrected chi connectivity index (χ1v) is 7.58. The number of piperidine rings is 1. The average Bonchev–Trinajstić information content (AvgIpc) is 2.74. The molecule has 0 radical (unpaired) electrons. The Labute approximate surface area is 123 Å². The number of halogens is 1. The van der Waals surface area contributed by atoms with Crippen LogP contribution >= 0.6 is 11.6 Å². The van der Waals surface area contributed by atoms with Crippen LogP contribution in [0.15, 0.2) is 23.0 Å². The van der Waals surface area contributed by atoms with Gasteiger partial charge in [-0.25, -0.2) is 4.79 Å². The lowest BCUT2D eigenvalue weighted by molar-refractivity contribution is 0.152. The summed E-state index contributed by atoms with van der Waals surface area (Å²) in [4.78, 5) is 17.6. The van der Waals surface area contributed by atoms with Gasteiger partial charge in [-0.2, -0.15) is 0 Å². The minimum absolute atomic E-state index is 0.0229. The maximum atomic E-state index is 12.2. The molecule has 0 aliphatic carbocycles. The Morgan fingerprint density at radius 1 is 1.30 bits per heavy atom. The van der Waals surface area contributed by atoms with Gasteiger partial charge in [-0.1, -0.05) is 11.6 Å². The summed E-state index contributed by atoms with van der Waals surface area (Å²) in [5.41, 5.74) is 1.77. The lowest BCUT2D eigenvalue weighted by Gasteiger charge is -2.35. The molecule has 0 bridgehead atoms. The zero-order valence-corrected chi connectivity index (χ0v) is 12.7. The number of rotatable bonds is 2. The molecule has 0 atom stereocenters. The van der Waals surface area contributed by atoms with Gasteiger partial charge >= 0.3 is 5.69 Å². The van der Waals surface area contributed by atoms with Crippen molar-refractivity contribution in [3.8, 4) is 0 Å². The van der Waals surface area contributed by atoms with Crippen molar-refractivity contribution in [3.05, 3.63) is 33.7 Å². The fourth-order valence-corrected chi connectivity index (χ4v) is 3.28. The molecule has 1 aliphatic heterocycles. The van der Waals surface area contributed by atoms with Gasteiger partial charge in [0.1, 0.15) is 0 Å². The molecule has 1 N–H and O–H groups in total. The molecular formula is C15H20ClN3O. The zero-order valence-electron chi connectivity index (χ0n) is 11.9. The molecule has 20 heavy (non-hydrogen) atoms. The number of nitrogens with one attached hydrogen (secondary N) is 1. The van der Waals surface area contributed by atoms with Crippen molar-refractivity contribution < 1.29 is 0 Å². The number of nitrogens with zero attached hydrogens (tertiary/aromatic N) is 2. The largest absolute Gasteiger partial charge is 0.326 e. The van der Waals surface area contributed by atoms with E-state index in [1.165, 1.54) is 0 Å². The van der Waals surface area contributed by atoms with E-state index in [0.29, 0.717) is 11.1 Å². The van der Waals surface area contributed by atoms with Crippen molar-refractivity contribution in [2.45, 2.75) is 38.8 Å². The normalized spacial score (nSPS) is 18.2. The summed E-state index contributed by atoms with van der Waals surface area (Å²) in [7, 11) is 0. The Hall–Kier alpha value is -1.26. The van der Waals surface area contributed by atoms with Gasteiger partial charge in [-0.3, -0.25) is 4.57 Å². The van der Waals surface area contributed by atoms with Crippen molar-refractivity contribution in [2.75, 3.05) is 13.1 Å². The molecule has 0 spiro atoms. The molecule has 0 amide bonds. The lowest BCUT2D eigenvalue weighted by atomic mass is 10.0. The number of aromatic amines is 1. The van der Waals surface area contributed by atoms with Crippen LogP contribution in [0.2, 0.25) is 5.02 Å². The topological polar surface area (TPSA) is 41.0 Å². The molecule has 2 heterocycles. The van der Waals surface area contributed by atoms with E-state index in [-0.39, 0.29) is 11.7 Å². The van der Waals surface area contributed by atoms with Crippen molar-refractivity contribution >= 4 is 22.6 Å². The van der Waals surface area contributed by atoms with E-state index in [1.807, 2.05) is 22.8 Å². The molecule has 1 saturated heterocycles. The van der Waals surface area contributed by atoms with E-state index >= 15 is 0 Å². The second-order valence-electron chi connectivity index (χ2n) is 5.82. The summed E-state index contributed by atoms with van der Waals surface area (Å²) in [6, 6.07) is 6.41. The van der Waals surface area contributed by atoms with Crippen LogP contribution in [0.5, 0.6) is 0 Å². The van der Waals surface area contributed by atoms with Crippen LogP contribution in [-0.4, -0.2) is 33.6 Å². The standard InChI is InChI=1S/C15H20ClN3O/c1-10(2)18-7-5-12(6-8-18)19-14-9-11(16)3-4-13(14)17-15(19)20/h3-4,9-10,12H,5-8H2,1-2H3,(H,17,20). The van der Waals surface area contributed by atoms with Crippen molar-refractivity contribution in [1.82, 2.24) is 14.5 Å². The number of hydrogen-bond acceptors (Lipinski definition) is 2. The molecular weight excluding hydrogens is 274 g/mol. The Kier molecular flexibility index (Phi) is 3.61. The maximum Gasteiger partial charge on any atom is 0.326 e. The third-order valence-electron chi connectivity index (χ3n) is 4.27. The molecule has 0 unspecified atom stereocenters. The second kappa shape index (κ2) is 5.26. The van der Waals surface area contributed by atoms with Crippen LogP contribution in [0.1, 0.15) is 32.7 Å². The predicted octanol–water partition coefficient (Wildman–Crippen LogP) is 3.03. The monoisotopic (exact) mass is 293 g/mol. The second-order valence-corrected chi connectivity index (χ2v) is 6.26. The first-order chi connectivity index (χ1) is 9.56. The predicted molar refractivity (Wildman–Crippen MR) is 82.5 cm³/mol. The van der Waals surface area contributed by atoms with Crippen molar-refractivity contribution in [2.24, 2.45) is 0 Å². The summed E-state index contributed by atoms with van der Waals surface area (Å²) in [6.45, 7) is 6.53. The Balaban J connectivity index is 1.93. The fourth-order valence-electron chi connectivity index (χ4n) is 3.12. The third kappa shape index (κ3) is 2.38. The van der Waals surface area contributed by atoms with Gasteiger partial charge in [0.2, 0.25) is 0 Å². The van der Waals surface area contributed by atoms with Crippen LogP contribution < -0.4 is 5.69 Å². The van der Waals surface area contributed by atoms with Crippen LogP contribution in [0.3, 0.4) is 0 Å². The van der Waals surface area contributed by atoms with Gasteiger partial charge in [-0.05, 0) is 44.9 Å². The highest BCUT2D eigenvalue weighted by atomic mass is 35.5.